The second kappa shape index (κ2) is 7.06. The molecule has 21 heavy (non-hydrogen) atoms. The number of methoxy groups -OCH3 is 1. The summed E-state index contributed by atoms with van der Waals surface area (Å²) in [4.78, 5) is 0. The number of nitrogens with one attached hydrogen (secondary N) is 1. The van der Waals surface area contributed by atoms with Crippen molar-refractivity contribution >= 4 is 11.8 Å². The molecule has 0 aliphatic heterocycles. The van der Waals surface area contributed by atoms with Gasteiger partial charge in [0.15, 0.2) is 0 Å². The van der Waals surface area contributed by atoms with Crippen LogP contribution in [0.25, 0.3) is 0 Å². The van der Waals surface area contributed by atoms with Crippen molar-refractivity contribution < 1.29 is 4.74 Å². The van der Waals surface area contributed by atoms with E-state index in [1.165, 1.54) is 44.1 Å². The van der Waals surface area contributed by atoms with Gasteiger partial charge in [0.1, 0.15) is 5.75 Å². The van der Waals surface area contributed by atoms with Gasteiger partial charge in [0.05, 0.1) is 7.11 Å². The molecule has 116 valence electrons. The molecule has 2 fully saturated rings. The predicted molar refractivity (Wildman–Crippen MR) is 91.5 cm³/mol. The molecule has 1 aromatic rings. The summed E-state index contributed by atoms with van der Waals surface area (Å²) in [5.74, 6) is 1.70. The molecule has 0 bridgehead atoms. The predicted octanol–water partition coefficient (Wildman–Crippen LogP) is 4.21. The third-order valence-corrected chi connectivity index (χ3v) is 6.33. The lowest BCUT2D eigenvalue weighted by Gasteiger charge is -2.42. The summed E-state index contributed by atoms with van der Waals surface area (Å²) < 4.78 is 5.33. The summed E-state index contributed by atoms with van der Waals surface area (Å²) in [6.07, 6.45) is 10.4. The Balaban J connectivity index is 1.51. The van der Waals surface area contributed by atoms with Crippen molar-refractivity contribution in [3.8, 4) is 5.75 Å². The van der Waals surface area contributed by atoms with Crippen LogP contribution in [-0.4, -0.2) is 30.7 Å². The summed E-state index contributed by atoms with van der Waals surface area (Å²) >= 11 is 2.05. The molecule has 0 spiro atoms. The highest BCUT2D eigenvalue weighted by Gasteiger charge is 2.34. The van der Waals surface area contributed by atoms with Gasteiger partial charge < -0.3 is 10.1 Å². The van der Waals surface area contributed by atoms with Gasteiger partial charge in [0.25, 0.3) is 0 Å². The number of rotatable bonds is 5. The van der Waals surface area contributed by atoms with Crippen LogP contribution in [-0.2, 0) is 0 Å². The highest BCUT2D eigenvalue weighted by Crippen LogP contribution is 2.39. The van der Waals surface area contributed by atoms with E-state index in [0.717, 1.165) is 23.1 Å². The van der Waals surface area contributed by atoms with Crippen LogP contribution >= 0.6 is 11.8 Å². The van der Waals surface area contributed by atoms with E-state index in [-0.39, 0.29) is 0 Å². The van der Waals surface area contributed by atoms with Gasteiger partial charge in [0, 0.05) is 17.3 Å². The van der Waals surface area contributed by atoms with Crippen molar-refractivity contribution in [1.82, 2.24) is 5.32 Å². The third kappa shape index (κ3) is 3.57. The zero-order chi connectivity index (χ0) is 14.7. The normalized spacial score (nSPS) is 32.5. The largest absolute Gasteiger partial charge is 0.497 e. The highest BCUT2D eigenvalue weighted by molar-refractivity contribution is 7.99. The molecule has 2 aliphatic rings. The molecule has 3 rings (SSSR count). The first-order chi connectivity index (χ1) is 10.3. The van der Waals surface area contributed by atoms with E-state index in [1.54, 1.807) is 7.11 Å². The Kier molecular flexibility index (Phi) is 5.12. The van der Waals surface area contributed by atoms with Crippen molar-refractivity contribution in [2.24, 2.45) is 0 Å². The number of benzene rings is 1. The molecule has 1 aromatic carbocycles. The topological polar surface area (TPSA) is 21.3 Å². The zero-order valence-corrected chi connectivity index (χ0v) is 14.0. The van der Waals surface area contributed by atoms with Crippen LogP contribution in [0.3, 0.4) is 0 Å². The van der Waals surface area contributed by atoms with Crippen LogP contribution in [0.15, 0.2) is 24.3 Å². The van der Waals surface area contributed by atoms with Crippen molar-refractivity contribution in [3.63, 3.8) is 0 Å². The van der Waals surface area contributed by atoms with Gasteiger partial charge in [-0.1, -0.05) is 25.0 Å². The molecule has 3 heteroatoms. The van der Waals surface area contributed by atoms with E-state index in [4.69, 9.17) is 4.74 Å². The van der Waals surface area contributed by atoms with Crippen LogP contribution in [0.1, 0.15) is 50.0 Å². The lowest BCUT2D eigenvalue weighted by Crippen LogP contribution is -2.50. The molecule has 2 aliphatic carbocycles. The van der Waals surface area contributed by atoms with E-state index in [9.17, 15) is 0 Å². The molecule has 2 saturated carbocycles. The Morgan fingerprint density at radius 3 is 2.76 bits per heavy atom. The average molecular weight is 305 g/mol. The fourth-order valence-corrected chi connectivity index (χ4v) is 4.74. The molecule has 2 unspecified atom stereocenters. The summed E-state index contributed by atoms with van der Waals surface area (Å²) in [6.45, 7) is 0. The minimum atomic E-state index is 0.717. The van der Waals surface area contributed by atoms with E-state index >= 15 is 0 Å². The molecule has 0 amide bonds. The summed E-state index contributed by atoms with van der Waals surface area (Å²) in [5.41, 5.74) is 1.44. The van der Waals surface area contributed by atoms with E-state index in [1.807, 2.05) is 6.07 Å². The monoisotopic (exact) mass is 305 g/mol. The fourth-order valence-electron chi connectivity index (χ4n) is 3.79. The SMILES string of the molecule is COc1cccc(C2CC(NC3CCCCC3SC)C2)c1. The van der Waals surface area contributed by atoms with Crippen LogP contribution in [0.4, 0.5) is 0 Å². The van der Waals surface area contributed by atoms with Crippen molar-refractivity contribution in [2.45, 2.75) is 61.8 Å². The maximum absolute atomic E-state index is 5.33. The molecule has 0 saturated heterocycles. The van der Waals surface area contributed by atoms with Crippen molar-refractivity contribution in [3.05, 3.63) is 29.8 Å². The van der Waals surface area contributed by atoms with E-state index < -0.39 is 0 Å². The number of ether oxygens (including phenoxy) is 1. The minimum absolute atomic E-state index is 0.717. The van der Waals surface area contributed by atoms with Gasteiger partial charge in [-0.05, 0) is 55.6 Å². The molecular formula is C18H27NOS. The molecule has 1 N–H and O–H groups in total. The van der Waals surface area contributed by atoms with Gasteiger partial charge in [-0.2, -0.15) is 11.8 Å². The summed E-state index contributed by atoms with van der Waals surface area (Å²) in [7, 11) is 1.75. The second-order valence-electron chi connectivity index (χ2n) is 6.47. The van der Waals surface area contributed by atoms with Gasteiger partial charge in [-0.15, -0.1) is 0 Å². The van der Waals surface area contributed by atoms with Gasteiger partial charge >= 0.3 is 0 Å². The maximum atomic E-state index is 5.33. The molecule has 0 aromatic heterocycles. The Bertz CT molecular complexity index is 458. The second-order valence-corrected chi connectivity index (χ2v) is 7.55. The fraction of sp³-hybridized carbons (Fsp3) is 0.667. The van der Waals surface area contributed by atoms with Crippen LogP contribution in [0.5, 0.6) is 5.75 Å². The smallest absolute Gasteiger partial charge is 0.119 e. The standard InChI is InChI=1S/C18H27NOS/c1-20-16-7-5-6-13(12-16)14-10-15(11-14)19-17-8-3-4-9-18(17)21-2/h5-7,12,14-15,17-19H,3-4,8-11H2,1-2H3. The average Bonchev–Trinajstić information content (AvgIpc) is 2.50. The lowest BCUT2D eigenvalue weighted by molar-refractivity contribution is 0.242. The Hall–Kier alpha value is -0.670. The summed E-state index contributed by atoms with van der Waals surface area (Å²) in [6, 6.07) is 10.0. The van der Waals surface area contributed by atoms with E-state index in [0.29, 0.717) is 5.92 Å². The summed E-state index contributed by atoms with van der Waals surface area (Å²) in [5, 5.41) is 4.76. The van der Waals surface area contributed by atoms with Crippen molar-refractivity contribution in [2.75, 3.05) is 13.4 Å². The quantitative estimate of drug-likeness (QED) is 0.880. The first-order valence-electron chi connectivity index (χ1n) is 8.23. The highest BCUT2D eigenvalue weighted by atomic mass is 32.2. The third-order valence-electron chi connectivity index (χ3n) is 5.16. The Morgan fingerprint density at radius 1 is 1.19 bits per heavy atom. The number of hydrogen-bond donors (Lipinski definition) is 1. The number of hydrogen-bond acceptors (Lipinski definition) is 3. The zero-order valence-electron chi connectivity index (χ0n) is 13.2. The molecule has 2 atom stereocenters. The van der Waals surface area contributed by atoms with E-state index in [2.05, 4.69) is 41.5 Å². The van der Waals surface area contributed by atoms with Crippen molar-refractivity contribution in [1.29, 1.82) is 0 Å². The van der Waals surface area contributed by atoms with Crippen LogP contribution in [0.2, 0.25) is 0 Å². The molecule has 2 nitrogen and oxygen atoms in total. The number of thioether (sulfide) groups is 1. The molecule has 0 radical (unpaired) electrons. The first-order valence-corrected chi connectivity index (χ1v) is 9.51. The Labute approximate surface area is 133 Å². The van der Waals surface area contributed by atoms with Crippen LogP contribution < -0.4 is 10.1 Å². The minimum Gasteiger partial charge on any atom is -0.497 e. The van der Waals surface area contributed by atoms with Gasteiger partial charge in [0.2, 0.25) is 0 Å². The van der Waals surface area contributed by atoms with Gasteiger partial charge in [-0.3, -0.25) is 0 Å². The molecular weight excluding hydrogens is 278 g/mol. The first kappa shape index (κ1) is 15.2. The van der Waals surface area contributed by atoms with Gasteiger partial charge in [-0.25, -0.2) is 0 Å². The maximum Gasteiger partial charge on any atom is 0.119 e. The lowest BCUT2D eigenvalue weighted by atomic mass is 9.75. The molecule has 0 heterocycles. The Morgan fingerprint density at radius 2 is 2.00 bits per heavy atom. The van der Waals surface area contributed by atoms with Crippen LogP contribution in [0, 0.1) is 0 Å².